The molecule has 6 nitrogen and oxygen atoms in total. The Morgan fingerprint density at radius 1 is 1.07 bits per heavy atom. The number of nitrogens with zero attached hydrogens (tertiary/aromatic N) is 3. The van der Waals surface area contributed by atoms with Crippen LogP contribution in [0.3, 0.4) is 0 Å². The molecule has 0 unspecified atom stereocenters. The monoisotopic (exact) mass is 437 g/mol. The van der Waals surface area contributed by atoms with Gasteiger partial charge in [0.1, 0.15) is 0 Å². The van der Waals surface area contributed by atoms with Gasteiger partial charge in [0.2, 0.25) is 15.9 Å². The van der Waals surface area contributed by atoms with Crippen LogP contribution in [0.1, 0.15) is 19.4 Å². The normalized spacial score (nSPS) is 11.9. The summed E-state index contributed by atoms with van der Waals surface area (Å²) in [6.45, 7) is 4.44. The van der Waals surface area contributed by atoms with Crippen LogP contribution in [-0.2, 0) is 15.8 Å². The van der Waals surface area contributed by atoms with E-state index >= 15 is 0 Å². The van der Waals surface area contributed by atoms with Gasteiger partial charge in [0.15, 0.2) is 0 Å². The Labute approximate surface area is 174 Å². The molecule has 0 aliphatic carbocycles. The zero-order valence-electron chi connectivity index (χ0n) is 15.5. The zero-order chi connectivity index (χ0) is 20.1. The maximum atomic E-state index is 12.7. The van der Waals surface area contributed by atoms with Gasteiger partial charge in [0.25, 0.3) is 5.22 Å². The molecule has 0 fully saturated rings. The minimum atomic E-state index is -3.55. The Morgan fingerprint density at radius 2 is 1.82 bits per heavy atom. The second-order valence-electron chi connectivity index (χ2n) is 5.87. The first kappa shape index (κ1) is 20.9. The van der Waals surface area contributed by atoms with E-state index in [0.717, 1.165) is 5.56 Å². The third kappa shape index (κ3) is 4.57. The fourth-order valence-electron chi connectivity index (χ4n) is 2.64. The van der Waals surface area contributed by atoms with Crippen LogP contribution in [0.4, 0.5) is 0 Å². The molecule has 9 heteroatoms. The second kappa shape index (κ2) is 9.09. The van der Waals surface area contributed by atoms with Crippen LogP contribution in [0, 0.1) is 0 Å². The van der Waals surface area contributed by atoms with Gasteiger partial charge < -0.3 is 4.42 Å². The molecule has 0 aliphatic rings. The summed E-state index contributed by atoms with van der Waals surface area (Å²) in [4.78, 5) is 0.206. The van der Waals surface area contributed by atoms with Gasteiger partial charge in [-0.1, -0.05) is 61.5 Å². The fraction of sp³-hybridized carbons (Fsp3) is 0.263. The molecule has 3 rings (SSSR count). The van der Waals surface area contributed by atoms with Gasteiger partial charge >= 0.3 is 0 Å². The summed E-state index contributed by atoms with van der Waals surface area (Å²) in [6, 6.07) is 14.1. The topological polar surface area (TPSA) is 76.3 Å². The summed E-state index contributed by atoms with van der Waals surface area (Å²) < 4.78 is 32.5. The van der Waals surface area contributed by atoms with Crippen molar-refractivity contribution in [3.05, 3.63) is 59.1 Å². The molecule has 148 valence electrons. The smallest absolute Gasteiger partial charge is 0.277 e. The summed E-state index contributed by atoms with van der Waals surface area (Å²) in [7, 11) is -3.55. The van der Waals surface area contributed by atoms with E-state index in [2.05, 4.69) is 10.2 Å². The summed E-state index contributed by atoms with van der Waals surface area (Å²) >= 11 is 7.53. The third-order valence-corrected chi connectivity index (χ3v) is 7.42. The standard InChI is InChI=1S/C19H20ClN3O3S2/c1-3-23(4-2)28(24,25)16-10-7-9-14(12-16)18-21-22-19(26-18)27-13-15-8-5-6-11-17(15)20/h5-12H,3-4,13H2,1-2H3. The lowest BCUT2D eigenvalue weighted by Gasteiger charge is -2.18. The molecule has 0 atom stereocenters. The number of rotatable bonds is 8. The summed E-state index contributed by atoms with van der Waals surface area (Å²) in [5.41, 5.74) is 1.53. The fourth-order valence-corrected chi connectivity index (χ4v) is 5.20. The summed E-state index contributed by atoms with van der Waals surface area (Å²) in [5.74, 6) is 0.871. The van der Waals surface area contributed by atoms with Crippen molar-refractivity contribution in [2.45, 2.75) is 29.7 Å². The van der Waals surface area contributed by atoms with Gasteiger partial charge in [-0.05, 0) is 29.8 Å². The van der Waals surface area contributed by atoms with E-state index in [1.165, 1.54) is 16.1 Å². The van der Waals surface area contributed by atoms with Crippen molar-refractivity contribution in [2.24, 2.45) is 0 Å². The summed E-state index contributed by atoms with van der Waals surface area (Å²) in [6.07, 6.45) is 0. The van der Waals surface area contributed by atoms with Gasteiger partial charge in [-0.3, -0.25) is 0 Å². The Bertz CT molecular complexity index is 1050. The van der Waals surface area contributed by atoms with E-state index in [9.17, 15) is 8.42 Å². The van der Waals surface area contributed by atoms with Crippen LogP contribution >= 0.6 is 23.4 Å². The third-order valence-electron chi connectivity index (χ3n) is 4.14. The number of halogens is 1. The lowest BCUT2D eigenvalue weighted by molar-refractivity contribution is 0.445. The van der Waals surface area contributed by atoms with Crippen LogP contribution in [0.25, 0.3) is 11.5 Å². The zero-order valence-corrected chi connectivity index (χ0v) is 17.9. The molecular weight excluding hydrogens is 418 g/mol. The van der Waals surface area contributed by atoms with Crippen LogP contribution in [0.15, 0.2) is 63.1 Å². The molecule has 0 spiro atoms. The number of thioether (sulfide) groups is 1. The van der Waals surface area contributed by atoms with Gasteiger partial charge in [0.05, 0.1) is 4.90 Å². The highest BCUT2D eigenvalue weighted by molar-refractivity contribution is 7.98. The predicted molar refractivity (Wildman–Crippen MR) is 111 cm³/mol. The van der Waals surface area contributed by atoms with Crippen LogP contribution in [0.2, 0.25) is 5.02 Å². The SMILES string of the molecule is CCN(CC)S(=O)(=O)c1cccc(-c2nnc(SCc3ccccc3Cl)o2)c1. The van der Waals surface area contributed by atoms with E-state index in [1.807, 2.05) is 38.1 Å². The van der Waals surface area contributed by atoms with Crippen molar-refractivity contribution in [1.82, 2.24) is 14.5 Å². The molecule has 0 bridgehead atoms. The molecule has 1 heterocycles. The van der Waals surface area contributed by atoms with Crippen LogP contribution in [-0.4, -0.2) is 36.0 Å². The molecular formula is C19H20ClN3O3S2. The average Bonchev–Trinajstić information content (AvgIpc) is 3.17. The van der Waals surface area contributed by atoms with Gasteiger partial charge in [-0.2, -0.15) is 4.31 Å². The van der Waals surface area contributed by atoms with Crippen molar-refractivity contribution in [2.75, 3.05) is 13.1 Å². The lowest BCUT2D eigenvalue weighted by Crippen LogP contribution is -2.30. The summed E-state index contributed by atoms with van der Waals surface area (Å²) in [5, 5.41) is 9.17. The maximum Gasteiger partial charge on any atom is 0.277 e. The van der Waals surface area contributed by atoms with Gasteiger partial charge in [0, 0.05) is 29.4 Å². The molecule has 2 aromatic carbocycles. The number of benzene rings is 2. The first-order valence-corrected chi connectivity index (χ1v) is 11.6. The van der Waals surface area contributed by atoms with Gasteiger partial charge in [-0.25, -0.2) is 8.42 Å². The molecule has 0 saturated heterocycles. The Morgan fingerprint density at radius 3 is 2.54 bits per heavy atom. The van der Waals surface area contributed by atoms with Gasteiger partial charge in [-0.15, -0.1) is 10.2 Å². The van der Waals surface area contributed by atoms with E-state index in [1.54, 1.807) is 24.3 Å². The molecule has 28 heavy (non-hydrogen) atoms. The van der Waals surface area contributed by atoms with Crippen LogP contribution < -0.4 is 0 Å². The molecule has 0 N–H and O–H groups in total. The van der Waals surface area contributed by atoms with E-state index in [4.69, 9.17) is 16.0 Å². The first-order valence-electron chi connectivity index (χ1n) is 8.76. The molecule has 0 saturated carbocycles. The Kier molecular flexibility index (Phi) is 6.77. The van der Waals surface area contributed by atoms with Crippen molar-refractivity contribution in [3.63, 3.8) is 0 Å². The van der Waals surface area contributed by atoms with E-state index in [0.29, 0.717) is 34.7 Å². The maximum absolute atomic E-state index is 12.7. The molecule has 0 radical (unpaired) electrons. The minimum Gasteiger partial charge on any atom is -0.411 e. The highest BCUT2D eigenvalue weighted by Crippen LogP contribution is 2.29. The minimum absolute atomic E-state index is 0.206. The first-order chi connectivity index (χ1) is 13.5. The molecule has 3 aromatic rings. The Hall–Kier alpha value is -1.87. The highest BCUT2D eigenvalue weighted by Gasteiger charge is 2.22. The van der Waals surface area contributed by atoms with Crippen molar-refractivity contribution in [3.8, 4) is 11.5 Å². The number of aromatic nitrogens is 2. The molecule has 1 aromatic heterocycles. The van der Waals surface area contributed by atoms with Crippen molar-refractivity contribution < 1.29 is 12.8 Å². The average molecular weight is 438 g/mol. The van der Waals surface area contributed by atoms with Crippen molar-refractivity contribution >= 4 is 33.4 Å². The predicted octanol–water partition coefficient (Wildman–Crippen LogP) is 4.71. The number of hydrogen-bond donors (Lipinski definition) is 0. The number of hydrogen-bond acceptors (Lipinski definition) is 6. The van der Waals surface area contributed by atoms with Crippen molar-refractivity contribution in [1.29, 1.82) is 0 Å². The molecule has 0 aliphatic heterocycles. The van der Waals surface area contributed by atoms with E-state index in [-0.39, 0.29) is 10.8 Å². The molecule has 0 amide bonds. The van der Waals surface area contributed by atoms with Crippen LogP contribution in [0.5, 0.6) is 0 Å². The highest BCUT2D eigenvalue weighted by atomic mass is 35.5. The lowest BCUT2D eigenvalue weighted by atomic mass is 10.2. The second-order valence-corrected chi connectivity index (χ2v) is 9.14. The quantitative estimate of drug-likeness (QED) is 0.475. The Balaban J connectivity index is 1.79. The number of sulfonamides is 1. The van der Waals surface area contributed by atoms with E-state index < -0.39 is 10.0 Å². The largest absolute Gasteiger partial charge is 0.411 e.